The number of nitrogens with zero attached hydrogens (tertiary/aromatic N) is 2. The smallest absolute Gasteiger partial charge is 0.0991 e. The summed E-state index contributed by atoms with van der Waals surface area (Å²) in [7, 11) is 4.06. The van der Waals surface area contributed by atoms with Crippen LogP contribution in [0.2, 0.25) is 0 Å². The molecule has 0 amide bonds. The van der Waals surface area contributed by atoms with Gasteiger partial charge in [-0.25, -0.2) is 0 Å². The van der Waals surface area contributed by atoms with E-state index in [1.807, 2.05) is 38.4 Å². The van der Waals surface area contributed by atoms with Gasteiger partial charge in [0.2, 0.25) is 0 Å². The molecule has 3 nitrogen and oxygen atoms in total. The molecule has 2 aromatic carbocycles. The fourth-order valence-corrected chi connectivity index (χ4v) is 2.04. The van der Waals surface area contributed by atoms with Gasteiger partial charge in [0.25, 0.3) is 0 Å². The van der Waals surface area contributed by atoms with Crippen LogP contribution in [0.5, 0.6) is 0 Å². The minimum absolute atomic E-state index is 0.202. The molecule has 0 aromatic heterocycles. The van der Waals surface area contributed by atoms with E-state index in [1.165, 1.54) is 11.3 Å². The van der Waals surface area contributed by atoms with Gasteiger partial charge >= 0.3 is 0 Å². The van der Waals surface area contributed by atoms with E-state index in [-0.39, 0.29) is 6.04 Å². The summed E-state index contributed by atoms with van der Waals surface area (Å²) >= 11 is 0. The Bertz CT molecular complexity index is 592. The van der Waals surface area contributed by atoms with Crippen molar-refractivity contribution in [2.45, 2.75) is 13.0 Å². The van der Waals surface area contributed by atoms with Gasteiger partial charge in [0.15, 0.2) is 0 Å². The van der Waals surface area contributed by atoms with Gasteiger partial charge in [-0.3, -0.25) is 0 Å². The van der Waals surface area contributed by atoms with E-state index >= 15 is 0 Å². The first-order valence-electron chi connectivity index (χ1n) is 6.64. The number of rotatable bonds is 4. The van der Waals surface area contributed by atoms with Gasteiger partial charge in [-0.05, 0) is 48.9 Å². The third-order valence-corrected chi connectivity index (χ3v) is 3.31. The van der Waals surface area contributed by atoms with Gasteiger partial charge in [0.1, 0.15) is 0 Å². The second-order valence-electron chi connectivity index (χ2n) is 5.04. The van der Waals surface area contributed by atoms with Crippen molar-refractivity contribution in [1.29, 1.82) is 5.26 Å². The van der Waals surface area contributed by atoms with Crippen LogP contribution in [0.3, 0.4) is 0 Å². The van der Waals surface area contributed by atoms with Gasteiger partial charge in [-0.1, -0.05) is 12.1 Å². The highest BCUT2D eigenvalue weighted by molar-refractivity contribution is 5.55. The summed E-state index contributed by atoms with van der Waals surface area (Å²) in [4.78, 5) is 2.08. The maximum atomic E-state index is 8.80. The molecule has 1 unspecified atom stereocenters. The number of hydrogen-bond donors (Lipinski definition) is 1. The van der Waals surface area contributed by atoms with Gasteiger partial charge in [-0.15, -0.1) is 0 Å². The molecule has 0 saturated carbocycles. The highest BCUT2D eigenvalue weighted by Crippen LogP contribution is 2.21. The van der Waals surface area contributed by atoms with E-state index in [9.17, 15) is 0 Å². The Hall–Kier alpha value is -2.47. The number of nitriles is 1. The Kier molecular flexibility index (Phi) is 4.27. The maximum absolute atomic E-state index is 8.80. The average Bonchev–Trinajstić information content (AvgIpc) is 2.48. The van der Waals surface area contributed by atoms with Crippen LogP contribution < -0.4 is 10.2 Å². The van der Waals surface area contributed by atoms with Gasteiger partial charge in [0, 0.05) is 31.5 Å². The number of hydrogen-bond acceptors (Lipinski definition) is 3. The topological polar surface area (TPSA) is 39.1 Å². The Balaban J connectivity index is 2.06. The van der Waals surface area contributed by atoms with Gasteiger partial charge in [0.05, 0.1) is 11.6 Å². The third kappa shape index (κ3) is 3.30. The van der Waals surface area contributed by atoms with Gasteiger partial charge in [-0.2, -0.15) is 5.26 Å². The van der Waals surface area contributed by atoms with Crippen LogP contribution in [0.25, 0.3) is 0 Å². The molecule has 0 saturated heterocycles. The van der Waals surface area contributed by atoms with Crippen molar-refractivity contribution >= 4 is 11.4 Å². The molecule has 0 radical (unpaired) electrons. The minimum Gasteiger partial charge on any atom is -0.379 e. The second kappa shape index (κ2) is 6.12. The van der Waals surface area contributed by atoms with E-state index in [0.29, 0.717) is 5.56 Å². The number of nitrogens with one attached hydrogen (secondary N) is 1. The molecule has 2 rings (SSSR count). The lowest BCUT2D eigenvalue weighted by Crippen LogP contribution is -2.09. The molecule has 3 heteroatoms. The van der Waals surface area contributed by atoms with Gasteiger partial charge < -0.3 is 10.2 Å². The monoisotopic (exact) mass is 265 g/mol. The summed E-state index contributed by atoms with van der Waals surface area (Å²) < 4.78 is 0. The fraction of sp³-hybridized carbons (Fsp3) is 0.235. The molecular formula is C17H19N3. The summed E-state index contributed by atoms with van der Waals surface area (Å²) in [6.07, 6.45) is 0. The summed E-state index contributed by atoms with van der Waals surface area (Å²) in [5, 5.41) is 12.3. The molecule has 20 heavy (non-hydrogen) atoms. The van der Waals surface area contributed by atoms with Crippen molar-refractivity contribution < 1.29 is 0 Å². The molecule has 0 aliphatic rings. The quantitative estimate of drug-likeness (QED) is 0.914. The van der Waals surface area contributed by atoms with Crippen molar-refractivity contribution in [3.63, 3.8) is 0 Å². The standard InChI is InChI=1S/C17H19N3/c1-13(15-6-4-14(12-18)5-7-15)19-16-8-10-17(11-9-16)20(2)3/h4-11,13,19H,1-3H3. The number of benzene rings is 2. The molecule has 0 aliphatic carbocycles. The summed E-state index contributed by atoms with van der Waals surface area (Å²) in [6, 6.07) is 18.4. The van der Waals surface area contributed by atoms with E-state index in [2.05, 4.69) is 47.5 Å². The van der Waals surface area contributed by atoms with Crippen LogP contribution in [0.4, 0.5) is 11.4 Å². The molecule has 0 aliphatic heterocycles. The average molecular weight is 265 g/mol. The molecule has 2 aromatic rings. The van der Waals surface area contributed by atoms with E-state index in [4.69, 9.17) is 5.26 Å². The molecule has 102 valence electrons. The van der Waals surface area contributed by atoms with Crippen LogP contribution in [0.1, 0.15) is 24.1 Å². The molecule has 1 N–H and O–H groups in total. The summed E-state index contributed by atoms with van der Waals surface area (Å²) in [5.74, 6) is 0. The SMILES string of the molecule is CC(Nc1ccc(N(C)C)cc1)c1ccc(C#N)cc1. The third-order valence-electron chi connectivity index (χ3n) is 3.31. The zero-order valence-electron chi connectivity index (χ0n) is 12.1. The first-order valence-corrected chi connectivity index (χ1v) is 6.64. The highest BCUT2D eigenvalue weighted by atomic mass is 15.1. The lowest BCUT2D eigenvalue weighted by Gasteiger charge is -2.17. The summed E-state index contributed by atoms with van der Waals surface area (Å²) in [6.45, 7) is 2.11. The lowest BCUT2D eigenvalue weighted by molar-refractivity contribution is 0.884. The normalized spacial score (nSPS) is 11.5. The predicted molar refractivity (Wildman–Crippen MR) is 84.0 cm³/mol. The van der Waals surface area contributed by atoms with Crippen molar-refractivity contribution in [2.24, 2.45) is 0 Å². The zero-order chi connectivity index (χ0) is 14.5. The molecule has 0 fully saturated rings. The van der Waals surface area contributed by atoms with Crippen LogP contribution >= 0.6 is 0 Å². The zero-order valence-corrected chi connectivity index (χ0v) is 12.1. The molecular weight excluding hydrogens is 246 g/mol. The lowest BCUT2D eigenvalue weighted by atomic mass is 10.1. The van der Waals surface area contributed by atoms with E-state index in [1.54, 1.807) is 0 Å². The van der Waals surface area contributed by atoms with Crippen molar-refractivity contribution in [1.82, 2.24) is 0 Å². The maximum Gasteiger partial charge on any atom is 0.0991 e. The summed E-state index contributed by atoms with van der Waals surface area (Å²) in [5.41, 5.74) is 4.13. The predicted octanol–water partition coefficient (Wildman–Crippen LogP) is 3.80. The van der Waals surface area contributed by atoms with E-state index < -0.39 is 0 Å². The van der Waals surface area contributed by atoms with Crippen LogP contribution in [0, 0.1) is 11.3 Å². The molecule has 0 spiro atoms. The molecule has 0 heterocycles. The highest BCUT2D eigenvalue weighted by Gasteiger charge is 2.05. The van der Waals surface area contributed by atoms with Crippen LogP contribution in [-0.2, 0) is 0 Å². The molecule has 1 atom stereocenters. The van der Waals surface area contributed by atoms with E-state index in [0.717, 1.165) is 5.69 Å². The van der Waals surface area contributed by atoms with Crippen LogP contribution in [-0.4, -0.2) is 14.1 Å². The first-order chi connectivity index (χ1) is 9.60. The number of anilines is 2. The molecule has 0 bridgehead atoms. The fourth-order valence-electron chi connectivity index (χ4n) is 2.04. The Morgan fingerprint density at radius 1 is 1.00 bits per heavy atom. The second-order valence-corrected chi connectivity index (χ2v) is 5.04. The Labute approximate surface area is 120 Å². The van der Waals surface area contributed by atoms with Crippen LogP contribution in [0.15, 0.2) is 48.5 Å². The Morgan fingerprint density at radius 3 is 2.10 bits per heavy atom. The largest absolute Gasteiger partial charge is 0.379 e. The van der Waals surface area contributed by atoms with Crippen molar-refractivity contribution in [3.05, 3.63) is 59.7 Å². The minimum atomic E-state index is 0.202. The first kappa shape index (κ1) is 14.0. The van der Waals surface area contributed by atoms with Crippen molar-refractivity contribution in [3.8, 4) is 6.07 Å². The Morgan fingerprint density at radius 2 is 1.60 bits per heavy atom. The van der Waals surface area contributed by atoms with Crippen molar-refractivity contribution in [2.75, 3.05) is 24.3 Å².